The van der Waals surface area contributed by atoms with Crippen LogP contribution >= 0.6 is 0 Å². The van der Waals surface area contributed by atoms with Crippen LogP contribution in [0.3, 0.4) is 0 Å². The minimum Gasteiger partial charge on any atom is -0.479 e. The Morgan fingerprint density at radius 3 is 2.32 bits per heavy atom. The van der Waals surface area contributed by atoms with Crippen molar-refractivity contribution in [1.82, 2.24) is 10.6 Å². The lowest BCUT2D eigenvalue weighted by molar-refractivity contribution is -0.140. The van der Waals surface area contributed by atoms with Crippen LogP contribution < -0.4 is 16.4 Å². The summed E-state index contributed by atoms with van der Waals surface area (Å²) in [6, 6.07) is 7.84. The lowest BCUT2D eigenvalue weighted by Crippen LogP contribution is -2.28. The minimum atomic E-state index is -1.07. The van der Waals surface area contributed by atoms with Crippen molar-refractivity contribution in [3.05, 3.63) is 35.9 Å². The maximum absolute atomic E-state index is 10.7. The van der Waals surface area contributed by atoms with Crippen LogP contribution in [0.1, 0.15) is 18.5 Å². The lowest BCUT2D eigenvalue weighted by atomic mass is 10.1. The summed E-state index contributed by atoms with van der Waals surface area (Å²) in [6.07, 6.45) is 0.381. The van der Waals surface area contributed by atoms with Gasteiger partial charge in [-0.15, -0.1) is 0 Å². The first-order valence-corrected chi connectivity index (χ1v) is 5.90. The molecule has 0 aliphatic carbocycles. The molecule has 0 saturated heterocycles. The Balaban J connectivity index is 0.000000459. The highest BCUT2D eigenvalue weighted by Gasteiger charge is 2.17. The molecule has 1 rings (SSSR count). The summed E-state index contributed by atoms with van der Waals surface area (Å²) in [4.78, 5) is 20.8. The number of hydrogen-bond donors (Lipinski definition) is 4. The number of rotatable bonds is 6. The molecule has 0 fully saturated rings. The van der Waals surface area contributed by atoms with Crippen LogP contribution in [0.5, 0.6) is 0 Å². The average Bonchev–Trinajstić information content (AvgIpc) is 2.37. The van der Waals surface area contributed by atoms with Gasteiger partial charge in [-0.05, 0) is 19.5 Å². The molecule has 1 aromatic rings. The Labute approximate surface area is 113 Å². The van der Waals surface area contributed by atoms with Crippen molar-refractivity contribution in [1.29, 1.82) is 0 Å². The Morgan fingerprint density at radius 2 is 2.00 bits per heavy atom. The van der Waals surface area contributed by atoms with E-state index in [0.29, 0.717) is 12.0 Å². The van der Waals surface area contributed by atoms with Crippen molar-refractivity contribution in [3.8, 4) is 0 Å². The number of amides is 1. The first-order chi connectivity index (χ1) is 9.02. The highest BCUT2D eigenvalue weighted by Crippen LogP contribution is 2.11. The number of carbonyl (C=O) groups excluding carboxylic acids is 1. The van der Waals surface area contributed by atoms with E-state index < -0.39 is 12.0 Å². The van der Waals surface area contributed by atoms with Gasteiger partial charge in [0, 0.05) is 12.6 Å². The number of likely N-dealkylation sites (N-methyl/N-ethyl adjacent to an activating group) is 1. The van der Waals surface area contributed by atoms with Gasteiger partial charge in [0.25, 0.3) is 0 Å². The van der Waals surface area contributed by atoms with Gasteiger partial charge >= 0.3 is 5.97 Å². The van der Waals surface area contributed by atoms with Gasteiger partial charge in [0.1, 0.15) is 0 Å². The number of aliphatic carboxylic acids is 1. The molecule has 5 N–H and O–H groups in total. The summed E-state index contributed by atoms with van der Waals surface area (Å²) in [7, 11) is 1.89. The zero-order valence-corrected chi connectivity index (χ0v) is 11.2. The smallest absolute Gasteiger partial charge is 0.330 e. The van der Waals surface area contributed by atoms with E-state index in [9.17, 15) is 9.59 Å². The monoisotopic (exact) mass is 267 g/mol. The second kappa shape index (κ2) is 10.0. The molecule has 0 aromatic heterocycles. The number of hydrogen-bond acceptors (Lipinski definition) is 4. The first kappa shape index (κ1) is 17.1. The lowest BCUT2D eigenvalue weighted by Gasteiger charge is -2.10. The van der Waals surface area contributed by atoms with Gasteiger partial charge in [-0.25, -0.2) is 4.79 Å². The third-order valence-corrected chi connectivity index (χ3v) is 2.14. The molecule has 0 heterocycles. The fourth-order valence-electron chi connectivity index (χ4n) is 1.35. The highest BCUT2D eigenvalue weighted by atomic mass is 16.4. The van der Waals surface area contributed by atoms with Gasteiger partial charge in [-0.2, -0.15) is 0 Å². The van der Waals surface area contributed by atoms with E-state index in [1.54, 1.807) is 30.3 Å². The van der Waals surface area contributed by atoms with Gasteiger partial charge in [0.15, 0.2) is 6.04 Å². The van der Waals surface area contributed by atoms with Crippen molar-refractivity contribution in [2.45, 2.75) is 19.0 Å². The largest absolute Gasteiger partial charge is 0.479 e. The molecule has 0 saturated carbocycles. The molecule has 6 heteroatoms. The zero-order chi connectivity index (χ0) is 14.7. The van der Waals surface area contributed by atoms with Crippen LogP contribution in [0.4, 0.5) is 0 Å². The van der Waals surface area contributed by atoms with Crippen LogP contribution in [0.2, 0.25) is 0 Å². The summed E-state index contributed by atoms with van der Waals surface area (Å²) in [5.41, 5.74) is 5.90. The second-order valence-corrected chi connectivity index (χ2v) is 4.00. The Kier molecular flexibility index (Phi) is 9.03. The van der Waals surface area contributed by atoms with E-state index in [-0.39, 0.29) is 6.04 Å². The van der Waals surface area contributed by atoms with E-state index in [2.05, 4.69) is 10.6 Å². The highest BCUT2D eigenvalue weighted by molar-refractivity contribution is 5.78. The molecular formula is C13H21N3O3. The van der Waals surface area contributed by atoms with Crippen molar-refractivity contribution in [2.75, 3.05) is 13.6 Å². The van der Waals surface area contributed by atoms with Gasteiger partial charge in [-0.1, -0.05) is 30.3 Å². The van der Waals surface area contributed by atoms with E-state index in [0.717, 1.165) is 6.54 Å². The van der Waals surface area contributed by atoms with Crippen LogP contribution in [-0.2, 0) is 9.59 Å². The molecule has 2 unspecified atom stereocenters. The Bertz CT molecular complexity index is 369. The summed E-state index contributed by atoms with van der Waals surface area (Å²) < 4.78 is 0. The van der Waals surface area contributed by atoms with Crippen LogP contribution in [0, 0.1) is 0 Å². The summed E-state index contributed by atoms with van der Waals surface area (Å²) >= 11 is 0. The minimum absolute atomic E-state index is 0.287. The number of carboxylic acids is 1. The molecule has 0 spiro atoms. The van der Waals surface area contributed by atoms with Gasteiger partial charge in [0.2, 0.25) is 6.41 Å². The normalized spacial score (nSPS) is 12.6. The summed E-state index contributed by atoms with van der Waals surface area (Å²) in [5, 5.41) is 13.9. The van der Waals surface area contributed by atoms with Crippen molar-refractivity contribution in [3.63, 3.8) is 0 Å². The molecule has 106 valence electrons. The fraction of sp³-hybridized carbons (Fsp3) is 0.385. The molecule has 0 radical (unpaired) electrons. The first-order valence-electron chi connectivity index (χ1n) is 5.90. The van der Waals surface area contributed by atoms with E-state index >= 15 is 0 Å². The van der Waals surface area contributed by atoms with Crippen molar-refractivity contribution >= 4 is 12.4 Å². The molecule has 2 atom stereocenters. The predicted molar refractivity (Wildman–Crippen MR) is 73.6 cm³/mol. The van der Waals surface area contributed by atoms with Gasteiger partial charge < -0.3 is 21.5 Å². The molecule has 19 heavy (non-hydrogen) atoms. The van der Waals surface area contributed by atoms with Crippen molar-refractivity contribution in [2.24, 2.45) is 5.73 Å². The maximum Gasteiger partial charge on any atom is 0.330 e. The van der Waals surface area contributed by atoms with Crippen LogP contribution in [-0.4, -0.2) is 37.1 Å². The number of carboxylic acid groups (broad SMARTS) is 1. The molecule has 6 nitrogen and oxygen atoms in total. The summed E-state index contributed by atoms with van der Waals surface area (Å²) in [5.74, 6) is -1.07. The Morgan fingerprint density at radius 1 is 1.42 bits per heavy atom. The Hall–Kier alpha value is -1.92. The summed E-state index contributed by atoms with van der Waals surface area (Å²) in [6.45, 7) is 2.87. The predicted octanol–water partition coefficient (Wildman–Crippen LogP) is 0.111. The number of nitrogens with one attached hydrogen (secondary N) is 2. The average molecular weight is 267 g/mol. The van der Waals surface area contributed by atoms with Crippen LogP contribution in [0.15, 0.2) is 30.3 Å². The van der Waals surface area contributed by atoms with E-state index in [1.807, 2.05) is 14.0 Å². The zero-order valence-electron chi connectivity index (χ0n) is 11.2. The SMILES string of the molecule is CNCC(C)N.O=CNC(C(=O)O)c1ccccc1. The standard InChI is InChI=1S/C9H9NO3.C4H12N2/c11-6-10-8(9(12)13)7-4-2-1-3-5-7;1-4(5)3-6-2/h1-6,8H,(H,10,11)(H,12,13);4,6H,3,5H2,1-2H3. The molecule has 1 amide bonds. The second-order valence-electron chi connectivity index (χ2n) is 4.00. The van der Waals surface area contributed by atoms with Crippen LogP contribution in [0.25, 0.3) is 0 Å². The number of nitrogens with two attached hydrogens (primary N) is 1. The fourth-order valence-corrected chi connectivity index (χ4v) is 1.35. The third-order valence-electron chi connectivity index (χ3n) is 2.14. The quantitative estimate of drug-likeness (QED) is 0.548. The topological polar surface area (TPSA) is 104 Å². The van der Waals surface area contributed by atoms with E-state index in [1.165, 1.54) is 0 Å². The molecule has 0 aliphatic heterocycles. The maximum atomic E-state index is 10.7. The molecular weight excluding hydrogens is 246 g/mol. The third kappa shape index (κ3) is 7.91. The van der Waals surface area contributed by atoms with Gasteiger partial charge in [0.05, 0.1) is 0 Å². The van der Waals surface area contributed by atoms with Gasteiger partial charge in [-0.3, -0.25) is 4.79 Å². The molecule has 1 aromatic carbocycles. The number of benzene rings is 1. The van der Waals surface area contributed by atoms with E-state index in [4.69, 9.17) is 10.8 Å². The number of carbonyl (C=O) groups is 2. The van der Waals surface area contributed by atoms with Crippen molar-refractivity contribution < 1.29 is 14.7 Å². The molecule has 0 aliphatic rings. The molecule has 0 bridgehead atoms.